The van der Waals surface area contributed by atoms with E-state index >= 15 is 0 Å². The zero-order valence-corrected chi connectivity index (χ0v) is 25.5. The molecule has 0 fully saturated rings. The van der Waals surface area contributed by atoms with Crippen LogP contribution < -0.4 is 0 Å². The standard InChI is InChI=1S/C25H38Br2N2OS2/c1-15(2)28(16(3)4)11-9-19-13-21(26)31-24(19)23(30)25-20(14-22(27)32-25)10-12-29(17(5)6)18(7)8/h13-18H,9-12H2,1-8H3. The molecule has 0 spiro atoms. The molecule has 0 aliphatic carbocycles. The second kappa shape index (κ2) is 12.6. The van der Waals surface area contributed by atoms with Crippen molar-refractivity contribution in [1.82, 2.24) is 9.80 Å². The number of thiophene rings is 2. The SMILES string of the molecule is CC(C)N(CCc1cc(Br)sc1C(=O)c1sc(Br)cc1CCN(C(C)C)C(C)C)C(C)C. The van der Waals surface area contributed by atoms with E-state index in [1.165, 1.54) is 0 Å². The van der Waals surface area contributed by atoms with Crippen LogP contribution in [0.4, 0.5) is 0 Å². The molecule has 0 aliphatic heterocycles. The normalized spacial score (nSPS) is 12.5. The summed E-state index contributed by atoms with van der Waals surface area (Å²) in [6.45, 7) is 19.8. The second-order valence-electron chi connectivity index (χ2n) is 9.49. The quantitative estimate of drug-likeness (QED) is 0.230. The van der Waals surface area contributed by atoms with Gasteiger partial charge in [0.05, 0.1) is 17.3 Å². The van der Waals surface area contributed by atoms with E-state index in [1.54, 1.807) is 22.7 Å². The third-order valence-corrected chi connectivity index (χ3v) is 9.26. The maximum absolute atomic E-state index is 13.7. The van der Waals surface area contributed by atoms with Crippen LogP contribution in [0.15, 0.2) is 19.7 Å². The van der Waals surface area contributed by atoms with Crippen LogP contribution in [0.5, 0.6) is 0 Å². The highest BCUT2D eigenvalue weighted by molar-refractivity contribution is 9.11. The molecule has 2 aromatic heterocycles. The van der Waals surface area contributed by atoms with Gasteiger partial charge in [-0.1, -0.05) is 0 Å². The fraction of sp³-hybridized carbons (Fsp3) is 0.640. The smallest absolute Gasteiger partial charge is 0.213 e. The summed E-state index contributed by atoms with van der Waals surface area (Å²) >= 11 is 10.4. The molecule has 0 aliphatic rings. The molecule has 0 saturated carbocycles. The molecule has 3 nitrogen and oxygen atoms in total. The fourth-order valence-corrected chi connectivity index (χ4v) is 7.73. The van der Waals surface area contributed by atoms with Crippen molar-refractivity contribution in [2.24, 2.45) is 0 Å². The number of halogens is 2. The lowest BCUT2D eigenvalue weighted by atomic mass is 10.0. The molecule has 0 bridgehead atoms. The first kappa shape index (κ1) is 28.2. The average molecular weight is 607 g/mol. The van der Waals surface area contributed by atoms with Crippen LogP contribution in [0.1, 0.15) is 81.1 Å². The number of nitrogens with zero attached hydrogens (tertiary/aromatic N) is 2. The van der Waals surface area contributed by atoms with Gasteiger partial charge in [-0.3, -0.25) is 14.6 Å². The van der Waals surface area contributed by atoms with Crippen LogP contribution in [0, 0.1) is 0 Å². The minimum atomic E-state index is 0.169. The predicted octanol–water partition coefficient (Wildman–Crippen LogP) is 7.89. The molecule has 0 aromatic carbocycles. The van der Waals surface area contributed by atoms with Gasteiger partial charge in [-0.05, 0) is 123 Å². The molecule has 180 valence electrons. The van der Waals surface area contributed by atoms with Crippen LogP contribution in [-0.2, 0) is 12.8 Å². The van der Waals surface area contributed by atoms with Gasteiger partial charge in [0.1, 0.15) is 0 Å². The van der Waals surface area contributed by atoms with E-state index in [2.05, 4.69) is 109 Å². The average Bonchev–Trinajstić information content (AvgIpc) is 3.22. The summed E-state index contributed by atoms with van der Waals surface area (Å²) in [5, 5.41) is 0. The topological polar surface area (TPSA) is 23.6 Å². The van der Waals surface area contributed by atoms with Gasteiger partial charge in [0.2, 0.25) is 5.78 Å². The van der Waals surface area contributed by atoms with Crippen molar-refractivity contribution in [3.8, 4) is 0 Å². The van der Waals surface area contributed by atoms with E-state index in [9.17, 15) is 4.79 Å². The van der Waals surface area contributed by atoms with Crippen LogP contribution >= 0.6 is 54.5 Å². The summed E-state index contributed by atoms with van der Waals surface area (Å²) in [6.07, 6.45) is 1.77. The van der Waals surface area contributed by atoms with Crippen molar-refractivity contribution in [3.63, 3.8) is 0 Å². The Bertz CT molecular complexity index is 800. The first-order valence-corrected chi connectivity index (χ1v) is 14.8. The van der Waals surface area contributed by atoms with Crippen molar-refractivity contribution < 1.29 is 4.79 Å². The van der Waals surface area contributed by atoms with Gasteiger partial charge in [-0.2, -0.15) is 0 Å². The fourth-order valence-electron chi connectivity index (χ4n) is 4.37. The summed E-state index contributed by atoms with van der Waals surface area (Å²) in [5.74, 6) is 0.169. The molecule has 0 saturated heterocycles. The van der Waals surface area contributed by atoms with Gasteiger partial charge in [0.25, 0.3) is 0 Å². The minimum absolute atomic E-state index is 0.169. The Morgan fingerprint density at radius 3 is 1.31 bits per heavy atom. The maximum Gasteiger partial charge on any atom is 0.213 e. The highest BCUT2D eigenvalue weighted by Crippen LogP contribution is 2.35. The third kappa shape index (κ3) is 7.47. The Hall–Kier alpha value is -0.0500. The number of rotatable bonds is 12. The van der Waals surface area contributed by atoms with Gasteiger partial charge >= 0.3 is 0 Å². The molecule has 0 atom stereocenters. The summed E-state index contributed by atoms with van der Waals surface area (Å²) in [5.41, 5.74) is 2.30. The number of hydrogen-bond acceptors (Lipinski definition) is 5. The largest absolute Gasteiger partial charge is 0.298 e. The van der Waals surface area contributed by atoms with Crippen molar-refractivity contribution in [2.45, 2.75) is 92.4 Å². The Balaban J connectivity index is 2.25. The second-order valence-corrected chi connectivity index (χ2v) is 14.4. The molecular formula is C25H38Br2N2OS2. The van der Waals surface area contributed by atoms with E-state index < -0.39 is 0 Å². The number of carbonyl (C=O) groups excluding carboxylic acids is 1. The Kier molecular flexibility index (Phi) is 11.1. The predicted molar refractivity (Wildman–Crippen MR) is 149 cm³/mol. The molecule has 2 rings (SSSR count). The monoisotopic (exact) mass is 604 g/mol. The van der Waals surface area contributed by atoms with E-state index in [0.717, 1.165) is 54.4 Å². The van der Waals surface area contributed by atoms with Gasteiger partial charge < -0.3 is 0 Å². The minimum Gasteiger partial charge on any atom is -0.298 e. The zero-order valence-electron chi connectivity index (χ0n) is 20.7. The van der Waals surface area contributed by atoms with Crippen LogP contribution in [-0.4, -0.2) is 52.8 Å². The summed E-state index contributed by atoms with van der Waals surface area (Å²) in [6, 6.07) is 6.22. The molecule has 2 heterocycles. The highest BCUT2D eigenvalue weighted by atomic mass is 79.9. The van der Waals surface area contributed by atoms with E-state index in [-0.39, 0.29) is 5.78 Å². The first-order valence-electron chi connectivity index (χ1n) is 11.5. The molecule has 0 radical (unpaired) electrons. The molecule has 0 amide bonds. The molecule has 32 heavy (non-hydrogen) atoms. The summed E-state index contributed by atoms with van der Waals surface area (Å²) < 4.78 is 2.05. The van der Waals surface area contributed by atoms with Gasteiger partial charge in [0.15, 0.2) is 0 Å². The van der Waals surface area contributed by atoms with Gasteiger partial charge in [-0.15, -0.1) is 22.7 Å². The first-order chi connectivity index (χ1) is 14.9. The Morgan fingerprint density at radius 1 is 0.719 bits per heavy atom. The van der Waals surface area contributed by atoms with Crippen molar-refractivity contribution >= 4 is 60.3 Å². The van der Waals surface area contributed by atoms with Crippen molar-refractivity contribution in [3.05, 3.63) is 40.6 Å². The van der Waals surface area contributed by atoms with Crippen LogP contribution in [0.3, 0.4) is 0 Å². The molecule has 7 heteroatoms. The van der Waals surface area contributed by atoms with E-state index in [1.807, 2.05) is 0 Å². The highest BCUT2D eigenvalue weighted by Gasteiger charge is 2.24. The Morgan fingerprint density at radius 2 is 1.03 bits per heavy atom. The van der Waals surface area contributed by atoms with Gasteiger partial charge in [-0.25, -0.2) is 0 Å². The number of carbonyl (C=O) groups is 1. The Labute approximate surface area is 219 Å². The third-order valence-electron chi connectivity index (χ3n) is 5.90. The van der Waals surface area contributed by atoms with E-state index in [4.69, 9.17) is 0 Å². The number of hydrogen-bond donors (Lipinski definition) is 0. The zero-order chi connectivity index (χ0) is 24.2. The van der Waals surface area contributed by atoms with Crippen molar-refractivity contribution in [1.29, 1.82) is 0 Å². The summed E-state index contributed by atoms with van der Waals surface area (Å²) in [7, 11) is 0. The van der Waals surface area contributed by atoms with Crippen molar-refractivity contribution in [2.75, 3.05) is 13.1 Å². The van der Waals surface area contributed by atoms with Crippen LogP contribution in [0.2, 0.25) is 0 Å². The molecular weight excluding hydrogens is 568 g/mol. The van der Waals surface area contributed by atoms with Gasteiger partial charge in [0, 0.05) is 37.3 Å². The lowest BCUT2D eigenvalue weighted by Gasteiger charge is -2.30. The lowest BCUT2D eigenvalue weighted by Crippen LogP contribution is -2.38. The van der Waals surface area contributed by atoms with E-state index in [0.29, 0.717) is 24.2 Å². The lowest BCUT2D eigenvalue weighted by molar-refractivity contribution is 0.104. The van der Waals surface area contributed by atoms with Crippen LogP contribution in [0.25, 0.3) is 0 Å². The maximum atomic E-state index is 13.7. The molecule has 0 N–H and O–H groups in total. The summed E-state index contributed by atoms with van der Waals surface area (Å²) in [4.78, 5) is 20.4. The molecule has 0 unspecified atom stereocenters. The molecule has 2 aromatic rings. The number of ketones is 1.